The molecule has 9 nitrogen and oxygen atoms in total. The third-order valence-electron chi connectivity index (χ3n) is 3.71. The quantitative estimate of drug-likeness (QED) is 0.405. The van der Waals surface area contributed by atoms with E-state index in [1.54, 1.807) is 19.2 Å². The van der Waals surface area contributed by atoms with E-state index in [1.165, 1.54) is 0 Å². The van der Waals surface area contributed by atoms with Crippen LogP contribution in [0, 0.1) is 0 Å². The number of rotatable bonds is 14. The number of unbranched alkanes of at least 4 members (excludes halogenated alkanes) is 1. The Labute approximate surface area is 164 Å². The summed E-state index contributed by atoms with van der Waals surface area (Å²) < 4.78 is 14.9. The zero-order chi connectivity index (χ0) is 20.6. The second kappa shape index (κ2) is 14.4. The van der Waals surface area contributed by atoms with E-state index in [9.17, 15) is 19.5 Å². The molecule has 0 fully saturated rings. The SMILES string of the molecule is COCCOCC(=O)NCCCC[C@H](NC(=O)OCc1ccccc1)C(=O)O. The van der Waals surface area contributed by atoms with E-state index in [-0.39, 0.29) is 25.5 Å². The molecule has 0 aliphatic heterocycles. The van der Waals surface area contributed by atoms with E-state index in [0.29, 0.717) is 32.6 Å². The van der Waals surface area contributed by atoms with E-state index in [2.05, 4.69) is 10.6 Å². The van der Waals surface area contributed by atoms with Crippen LogP contribution in [0.3, 0.4) is 0 Å². The largest absolute Gasteiger partial charge is 0.480 e. The van der Waals surface area contributed by atoms with Gasteiger partial charge in [0.2, 0.25) is 5.91 Å². The van der Waals surface area contributed by atoms with Crippen LogP contribution in [0.5, 0.6) is 0 Å². The van der Waals surface area contributed by atoms with Crippen molar-refractivity contribution in [2.24, 2.45) is 0 Å². The second-order valence-corrected chi connectivity index (χ2v) is 5.99. The number of carbonyl (C=O) groups excluding carboxylic acids is 2. The van der Waals surface area contributed by atoms with Crippen LogP contribution in [0.15, 0.2) is 30.3 Å². The molecule has 0 saturated carbocycles. The Morgan fingerprint density at radius 3 is 2.54 bits per heavy atom. The van der Waals surface area contributed by atoms with Crippen molar-refractivity contribution in [3.8, 4) is 0 Å². The van der Waals surface area contributed by atoms with Gasteiger partial charge in [0.1, 0.15) is 19.3 Å². The Kier molecular flexibility index (Phi) is 12.0. The molecule has 0 aliphatic carbocycles. The Balaban J connectivity index is 2.17. The highest BCUT2D eigenvalue weighted by Gasteiger charge is 2.20. The minimum atomic E-state index is -1.13. The highest BCUT2D eigenvalue weighted by Crippen LogP contribution is 2.04. The van der Waals surface area contributed by atoms with Gasteiger partial charge in [0.25, 0.3) is 0 Å². The van der Waals surface area contributed by atoms with Gasteiger partial charge in [-0.2, -0.15) is 0 Å². The van der Waals surface area contributed by atoms with Crippen LogP contribution in [0.2, 0.25) is 0 Å². The molecule has 156 valence electrons. The number of carbonyl (C=O) groups is 3. The van der Waals surface area contributed by atoms with Gasteiger partial charge in [0, 0.05) is 13.7 Å². The molecule has 0 unspecified atom stereocenters. The maximum Gasteiger partial charge on any atom is 0.408 e. The predicted molar refractivity (Wildman–Crippen MR) is 101 cm³/mol. The molecule has 2 amide bonds. The van der Waals surface area contributed by atoms with E-state index in [1.807, 2.05) is 18.2 Å². The molecule has 0 spiro atoms. The molecule has 1 atom stereocenters. The molecule has 0 bridgehead atoms. The zero-order valence-corrected chi connectivity index (χ0v) is 16.0. The number of methoxy groups -OCH3 is 1. The molecule has 0 saturated heterocycles. The summed E-state index contributed by atoms with van der Waals surface area (Å²) in [5.74, 6) is -1.37. The fourth-order valence-corrected chi connectivity index (χ4v) is 2.22. The summed E-state index contributed by atoms with van der Waals surface area (Å²) in [5.41, 5.74) is 0.812. The summed E-state index contributed by atoms with van der Waals surface area (Å²) >= 11 is 0. The van der Waals surface area contributed by atoms with E-state index in [0.717, 1.165) is 5.56 Å². The lowest BCUT2D eigenvalue weighted by molar-refractivity contribution is -0.139. The Hall–Kier alpha value is -2.65. The van der Waals surface area contributed by atoms with E-state index >= 15 is 0 Å². The van der Waals surface area contributed by atoms with Gasteiger partial charge in [0.15, 0.2) is 0 Å². The molecular formula is C19H28N2O7. The molecule has 28 heavy (non-hydrogen) atoms. The molecule has 0 radical (unpaired) electrons. The number of hydrogen-bond donors (Lipinski definition) is 3. The Bertz CT molecular complexity index is 595. The number of carboxylic acid groups (broad SMARTS) is 1. The molecule has 0 aliphatic rings. The number of nitrogens with one attached hydrogen (secondary N) is 2. The number of amides is 2. The number of benzene rings is 1. The topological polar surface area (TPSA) is 123 Å². The van der Waals surface area contributed by atoms with Crippen LogP contribution in [0.1, 0.15) is 24.8 Å². The fourth-order valence-electron chi connectivity index (χ4n) is 2.22. The van der Waals surface area contributed by atoms with Gasteiger partial charge in [0.05, 0.1) is 13.2 Å². The molecule has 9 heteroatoms. The monoisotopic (exact) mass is 396 g/mol. The van der Waals surface area contributed by atoms with Gasteiger partial charge in [-0.25, -0.2) is 9.59 Å². The van der Waals surface area contributed by atoms with Crippen molar-refractivity contribution in [1.82, 2.24) is 10.6 Å². The van der Waals surface area contributed by atoms with Gasteiger partial charge in [-0.1, -0.05) is 30.3 Å². The lowest BCUT2D eigenvalue weighted by Gasteiger charge is -2.14. The molecule has 0 aromatic heterocycles. The van der Waals surface area contributed by atoms with Gasteiger partial charge < -0.3 is 30.0 Å². The van der Waals surface area contributed by atoms with Crippen LogP contribution in [0.4, 0.5) is 4.79 Å². The third-order valence-corrected chi connectivity index (χ3v) is 3.71. The van der Waals surface area contributed by atoms with Crippen LogP contribution in [-0.4, -0.2) is 62.6 Å². The van der Waals surface area contributed by atoms with Crippen LogP contribution in [0.25, 0.3) is 0 Å². The molecule has 3 N–H and O–H groups in total. The highest BCUT2D eigenvalue weighted by atomic mass is 16.5. The first-order valence-corrected chi connectivity index (χ1v) is 9.06. The average Bonchev–Trinajstić information content (AvgIpc) is 2.69. The maximum absolute atomic E-state index is 11.8. The van der Waals surface area contributed by atoms with Crippen molar-refractivity contribution in [3.05, 3.63) is 35.9 Å². The molecule has 1 aromatic rings. The van der Waals surface area contributed by atoms with Gasteiger partial charge in [-0.3, -0.25) is 4.79 Å². The molecule has 1 aromatic carbocycles. The minimum Gasteiger partial charge on any atom is -0.480 e. The normalized spacial score (nSPS) is 11.5. The number of alkyl carbamates (subject to hydrolysis) is 1. The lowest BCUT2D eigenvalue weighted by Crippen LogP contribution is -2.41. The summed E-state index contributed by atoms with van der Waals surface area (Å²) in [6.45, 7) is 1.19. The number of carboxylic acids is 1. The Morgan fingerprint density at radius 2 is 1.86 bits per heavy atom. The van der Waals surface area contributed by atoms with Crippen LogP contribution in [-0.2, 0) is 30.4 Å². The molecule has 0 heterocycles. The Morgan fingerprint density at radius 1 is 1.11 bits per heavy atom. The first-order valence-electron chi connectivity index (χ1n) is 9.06. The zero-order valence-electron chi connectivity index (χ0n) is 16.0. The predicted octanol–water partition coefficient (Wildman–Crippen LogP) is 1.32. The van der Waals surface area contributed by atoms with Crippen molar-refractivity contribution >= 4 is 18.0 Å². The third kappa shape index (κ3) is 11.1. The average molecular weight is 396 g/mol. The summed E-state index contributed by atoms with van der Waals surface area (Å²) in [6, 6.07) is 8.05. The summed E-state index contributed by atoms with van der Waals surface area (Å²) in [6.07, 6.45) is 0.545. The highest BCUT2D eigenvalue weighted by molar-refractivity contribution is 5.79. The van der Waals surface area contributed by atoms with E-state index < -0.39 is 18.1 Å². The maximum atomic E-state index is 11.8. The number of ether oxygens (including phenoxy) is 3. The van der Waals surface area contributed by atoms with Crippen molar-refractivity contribution in [3.63, 3.8) is 0 Å². The van der Waals surface area contributed by atoms with Crippen LogP contribution >= 0.6 is 0 Å². The standard InChI is InChI=1S/C19H28N2O7/c1-26-11-12-27-14-17(22)20-10-6-5-9-16(18(23)24)21-19(25)28-13-15-7-3-2-4-8-15/h2-4,7-8,16H,5-6,9-14H2,1H3,(H,20,22)(H,21,25)(H,23,24)/t16-/m0/s1. The summed E-state index contributed by atoms with van der Waals surface area (Å²) in [4.78, 5) is 34.6. The summed E-state index contributed by atoms with van der Waals surface area (Å²) in [5, 5.41) is 14.3. The lowest BCUT2D eigenvalue weighted by atomic mass is 10.1. The fraction of sp³-hybridized carbons (Fsp3) is 0.526. The first kappa shape index (κ1) is 23.4. The van der Waals surface area contributed by atoms with Crippen molar-refractivity contribution in [1.29, 1.82) is 0 Å². The van der Waals surface area contributed by atoms with Gasteiger partial charge in [-0.05, 0) is 24.8 Å². The molecular weight excluding hydrogens is 368 g/mol. The first-order chi connectivity index (χ1) is 13.5. The number of aliphatic carboxylic acids is 1. The summed E-state index contributed by atoms with van der Waals surface area (Å²) in [7, 11) is 1.55. The smallest absolute Gasteiger partial charge is 0.408 e. The van der Waals surface area contributed by atoms with Crippen molar-refractivity contribution in [2.45, 2.75) is 31.9 Å². The molecule has 1 rings (SSSR count). The number of hydrogen-bond acceptors (Lipinski definition) is 6. The minimum absolute atomic E-state index is 0.0457. The van der Waals surface area contributed by atoms with Crippen molar-refractivity contribution < 1.29 is 33.7 Å². The van der Waals surface area contributed by atoms with Crippen molar-refractivity contribution in [2.75, 3.05) is 33.5 Å². The van der Waals surface area contributed by atoms with Crippen LogP contribution < -0.4 is 10.6 Å². The van der Waals surface area contributed by atoms with Gasteiger partial charge >= 0.3 is 12.1 Å². The van der Waals surface area contributed by atoms with Gasteiger partial charge in [-0.15, -0.1) is 0 Å². The van der Waals surface area contributed by atoms with E-state index in [4.69, 9.17) is 14.2 Å². The second-order valence-electron chi connectivity index (χ2n) is 5.99.